The number of para-hydroxylation sites is 1. The van der Waals surface area contributed by atoms with E-state index in [1.165, 1.54) is 0 Å². The van der Waals surface area contributed by atoms with Gasteiger partial charge in [0, 0.05) is 16.0 Å². The van der Waals surface area contributed by atoms with Gasteiger partial charge in [-0.05, 0) is 29.8 Å². The first-order chi connectivity index (χ1) is 12.2. The second kappa shape index (κ2) is 5.23. The van der Waals surface area contributed by atoms with Gasteiger partial charge in [-0.1, -0.05) is 60.1 Å². The molecule has 25 heavy (non-hydrogen) atoms. The molecule has 0 radical (unpaired) electrons. The quantitative estimate of drug-likeness (QED) is 0.443. The van der Waals surface area contributed by atoms with Crippen LogP contribution in [0.2, 0.25) is 5.02 Å². The maximum atomic E-state index is 12.9. The highest BCUT2D eigenvalue weighted by atomic mass is 35.5. The van der Waals surface area contributed by atoms with Gasteiger partial charge in [0.25, 0.3) is 5.56 Å². The predicted molar refractivity (Wildman–Crippen MR) is 103 cm³/mol. The molecule has 0 saturated carbocycles. The molecule has 0 atom stereocenters. The number of aromatic nitrogens is 2. The van der Waals surface area contributed by atoms with Crippen molar-refractivity contribution in [3.05, 3.63) is 88.2 Å². The summed E-state index contributed by atoms with van der Waals surface area (Å²) in [5.74, 6) is 0. The van der Waals surface area contributed by atoms with Crippen molar-refractivity contribution < 1.29 is 0 Å². The van der Waals surface area contributed by atoms with E-state index in [1.54, 1.807) is 6.07 Å². The van der Waals surface area contributed by atoms with Gasteiger partial charge < -0.3 is 9.38 Å². The Hall–Kier alpha value is -3.04. The summed E-state index contributed by atoms with van der Waals surface area (Å²) in [6.07, 6.45) is 0. The van der Waals surface area contributed by atoms with Gasteiger partial charge >= 0.3 is 0 Å². The number of H-pyrrole nitrogens is 1. The zero-order valence-corrected chi connectivity index (χ0v) is 13.9. The standard InChI is InChI=1S/C21H13ClN2O/c22-14-10-11-18-16(12-14)23-21(25)20-19(13-6-2-1-3-7-13)15-8-4-5-9-17(15)24(18)20/h1-12H,(H,23,25). The van der Waals surface area contributed by atoms with Crippen molar-refractivity contribution in [3.63, 3.8) is 0 Å². The lowest BCUT2D eigenvalue weighted by Gasteiger charge is -2.05. The summed E-state index contributed by atoms with van der Waals surface area (Å²) in [5.41, 5.74) is 5.18. The third-order valence-electron chi connectivity index (χ3n) is 4.60. The van der Waals surface area contributed by atoms with E-state index in [4.69, 9.17) is 11.6 Å². The van der Waals surface area contributed by atoms with Crippen molar-refractivity contribution in [2.45, 2.75) is 0 Å². The highest BCUT2D eigenvalue weighted by molar-refractivity contribution is 6.31. The van der Waals surface area contributed by atoms with E-state index in [0.717, 1.165) is 33.1 Å². The Morgan fingerprint density at radius 1 is 0.840 bits per heavy atom. The van der Waals surface area contributed by atoms with E-state index in [0.29, 0.717) is 10.5 Å². The van der Waals surface area contributed by atoms with E-state index < -0.39 is 0 Å². The molecule has 5 rings (SSSR count). The highest BCUT2D eigenvalue weighted by Crippen LogP contribution is 2.35. The molecule has 0 amide bonds. The number of hydrogen-bond donors (Lipinski definition) is 1. The maximum absolute atomic E-state index is 12.9. The molecule has 2 heterocycles. The van der Waals surface area contributed by atoms with Crippen LogP contribution in [-0.4, -0.2) is 9.38 Å². The molecule has 0 aliphatic heterocycles. The van der Waals surface area contributed by atoms with Crippen LogP contribution in [0.25, 0.3) is 38.6 Å². The number of nitrogens with zero attached hydrogens (tertiary/aromatic N) is 1. The van der Waals surface area contributed by atoms with Gasteiger partial charge in [0.1, 0.15) is 5.52 Å². The number of fused-ring (bicyclic) bond motifs is 5. The molecule has 0 aliphatic rings. The molecule has 0 spiro atoms. The van der Waals surface area contributed by atoms with E-state index in [9.17, 15) is 4.79 Å². The fraction of sp³-hybridized carbons (Fsp3) is 0. The molecule has 2 aromatic heterocycles. The normalized spacial score (nSPS) is 11.6. The smallest absolute Gasteiger partial charge is 0.273 e. The van der Waals surface area contributed by atoms with Crippen LogP contribution >= 0.6 is 11.6 Å². The van der Waals surface area contributed by atoms with Gasteiger partial charge in [-0.25, -0.2) is 0 Å². The largest absolute Gasteiger partial charge is 0.319 e. The van der Waals surface area contributed by atoms with Gasteiger partial charge in [-0.3, -0.25) is 4.79 Å². The Bertz CT molecular complexity index is 1320. The van der Waals surface area contributed by atoms with Crippen molar-refractivity contribution in [3.8, 4) is 11.1 Å². The van der Waals surface area contributed by atoms with E-state index in [2.05, 4.69) is 11.1 Å². The Morgan fingerprint density at radius 3 is 2.44 bits per heavy atom. The lowest BCUT2D eigenvalue weighted by atomic mass is 10.0. The van der Waals surface area contributed by atoms with Crippen molar-refractivity contribution >= 4 is 39.1 Å². The van der Waals surface area contributed by atoms with Crippen molar-refractivity contribution in [1.29, 1.82) is 0 Å². The van der Waals surface area contributed by atoms with Crippen LogP contribution in [0, 0.1) is 0 Å². The summed E-state index contributed by atoms with van der Waals surface area (Å²) >= 11 is 6.11. The average Bonchev–Trinajstić information content (AvgIpc) is 2.98. The van der Waals surface area contributed by atoms with Crippen molar-refractivity contribution in [2.24, 2.45) is 0 Å². The first-order valence-electron chi connectivity index (χ1n) is 8.04. The van der Waals surface area contributed by atoms with Crippen LogP contribution in [0.15, 0.2) is 77.6 Å². The molecule has 3 aromatic carbocycles. The number of nitrogens with one attached hydrogen (secondary N) is 1. The third kappa shape index (κ3) is 2.03. The molecule has 0 fully saturated rings. The van der Waals surface area contributed by atoms with Crippen molar-refractivity contribution in [2.75, 3.05) is 0 Å². The molecule has 5 aromatic rings. The van der Waals surface area contributed by atoms with Crippen LogP contribution in [0.3, 0.4) is 0 Å². The number of aromatic amines is 1. The minimum atomic E-state index is -0.121. The van der Waals surface area contributed by atoms with Gasteiger partial charge in [-0.2, -0.15) is 0 Å². The van der Waals surface area contributed by atoms with E-state index in [-0.39, 0.29) is 5.56 Å². The SMILES string of the molecule is O=c1[nH]c2cc(Cl)ccc2n2c1c(-c1ccccc1)c1ccccc12. The summed E-state index contributed by atoms with van der Waals surface area (Å²) in [5, 5.41) is 1.66. The molecule has 0 unspecified atom stereocenters. The van der Waals surface area contributed by atoms with Crippen LogP contribution in [-0.2, 0) is 0 Å². The highest BCUT2D eigenvalue weighted by Gasteiger charge is 2.18. The van der Waals surface area contributed by atoms with Gasteiger partial charge in [0.2, 0.25) is 0 Å². The Balaban J connectivity index is 2.11. The monoisotopic (exact) mass is 344 g/mol. The first kappa shape index (κ1) is 14.3. The molecule has 0 bridgehead atoms. The molecule has 0 aliphatic carbocycles. The number of halogens is 1. The third-order valence-corrected chi connectivity index (χ3v) is 4.84. The zero-order chi connectivity index (χ0) is 17.0. The van der Waals surface area contributed by atoms with Gasteiger partial charge in [0.15, 0.2) is 0 Å². The molecule has 4 heteroatoms. The molecule has 1 N–H and O–H groups in total. The number of hydrogen-bond acceptors (Lipinski definition) is 1. The maximum Gasteiger partial charge on any atom is 0.273 e. The number of rotatable bonds is 1. The predicted octanol–water partition coefficient (Wildman–Crippen LogP) is 5.25. The topological polar surface area (TPSA) is 37.3 Å². The minimum Gasteiger partial charge on any atom is -0.319 e. The zero-order valence-electron chi connectivity index (χ0n) is 13.2. The second-order valence-electron chi connectivity index (χ2n) is 6.06. The van der Waals surface area contributed by atoms with Crippen LogP contribution in [0.4, 0.5) is 0 Å². The lowest BCUT2D eigenvalue weighted by Crippen LogP contribution is -2.10. The summed E-state index contributed by atoms with van der Waals surface area (Å²) in [6, 6.07) is 23.7. The molecule has 0 saturated heterocycles. The summed E-state index contributed by atoms with van der Waals surface area (Å²) in [6.45, 7) is 0. The number of benzene rings is 3. The fourth-order valence-corrected chi connectivity index (χ4v) is 3.76. The molecule has 3 nitrogen and oxygen atoms in total. The molecule has 120 valence electrons. The molecular weight excluding hydrogens is 332 g/mol. The van der Waals surface area contributed by atoms with Crippen molar-refractivity contribution in [1.82, 2.24) is 9.38 Å². The fourth-order valence-electron chi connectivity index (χ4n) is 3.59. The average molecular weight is 345 g/mol. The van der Waals surface area contributed by atoms with Gasteiger partial charge in [0.05, 0.1) is 16.6 Å². The first-order valence-corrected chi connectivity index (χ1v) is 8.42. The second-order valence-corrected chi connectivity index (χ2v) is 6.49. The summed E-state index contributed by atoms with van der Waals surface area (Å²) in [4.78, 5) is 15.9. The van der Waals surface area contributed by atoms with Crippen LogP contribution < -0.4 is 5.56 Å². The minimum absolute atomic E-state index is 0.121. The summed E-state index contributed by atoms with van der Waals surface area (Å²) < 4.78 is 2.03. The Labute approximate surface area is 148 Å². The van der Waals surface area contributed by atoms with E-state index >= 15 is 0 Å². The lowest BCUT2D eigenvalue weighted by molar-refractivity contribution is 1.22. The summed E-state index contributed by atoms with van der Waals surface area (Å²) in [7, 11) is 0. The van der Waals surface area contributed by atoms with E-state index in [1.807, 2.05) is 65.1 Å². The Morgan fingerprint density at radius 2 is 1.60 bits per heavy atom. The van der Waals surface area contributed by atoms with Gasteiger partial charge in [-0.15, -0.1) is 0 Å². The van der Waals surface area contributed by atoms with Crippen LogP contribution in [0.1, 0.15) is 0 Å². The molecular formula is C21H13ClN2O. The van der Waals surface area contributed by atoms with Crippen LogP contribution in [0.5, 0.6) is 0 Å². The Kier molecular flexibility index (Phi) is 2.99.